The summed E-state index contributed by atoms with van der Waals surface area (Å²) in [5.41, 5.74) is 2.27. The summed E-state index contributed by atoms with van der Waals surface area (Å²) in [6, 6.07) is 22.3. The second-order valence-electron chi connectivity index (χ2n) is 7.04. The molecule has 0 bridgehead atoms. The Kier molecular flexibility index (Phi) is 9.11. The summed E-state index contributed by atoms with van der Waals surface area (Å²) in [5.74, 6) is 0.248. The highest BCUT2D eigenvalue weighted by Gasteiger charge is 2.17. The van der Waals surface area contributed by atoms with E-state index in [0.717, 1.165) is 11.1 Å². The van der Waals surface area contributed by atoms with Crippen LogP contribution in [0.25, 0.3) is 6.08 Å². The maximum atomic E-state index is 12.3. The van der Waals surface area contributed by atoms with E-state index in [-0.39, 0.29) is 12.3 Å². The first kappa shape index (κ1) is 24.9. The lowest BCUT2D eigenvalue weighted by molar-refractivity contribution is -0.136. The Morgan fingerprint density at radius 2 is 1.50 bits per heavy atom. The van der Waals surface area contributed by atoms with E-state index in [1.165, 1.54) is 20.3 Å². The fraction of sp³-hybridized carbons (Fsp3) is 0.154. The Bertz CT molecular complexity index is 1150. The van der Waals surface area contributed by atoms with Gasteiger partial charge in [-0.1, -0.05) is 76.6 Å². The second kappa shape index (κ2) is 12.5. The number of benzene rings is 3. The van der Waals surface area contributed by atoms with Crippen LogP contribution in [0.5, 0.6) is 11.5 Å². The van der Waals surface area contributed by atoms with Gasteiger partial charge in [-0.2, -0.15) is 0 Å². The second-order valence-corrected chi connectivity index (χ2v) is 7.89. The zero-order chi connectivity index (χ0) is 24.3. The van der Waals surface area contributed by atoms with Crippen molar-refractivity contribution in [1.29, 1.82) is 0 Å². The third-order valence-corrected chi connectivity index (χ3v) is 5.36. The monoisotopic (exact) mass is 525 g/mol. The maximum absolute atomic E-state index is 12.3. The molecule has 3 aromatic rings. The van der Waals surface area contributed by atoms with E-state index < -0.39 is 12.1 Å². The summed E-state index contributed by atoms with van der Waals surface area (Å²) in [7, 11) is 2.77. The zero-order valence-electron chi connectivity index (χ0n) is 18.7. The van der Waals surface area contributed by atoms with Gasteiger partial charge in [-0.25, -0.2) is 9.59 Å². The van der Waals surface area contributed by atoms with Gasteiger partial charge < -0.3 is 18.9 Å². The van der Waals surface area contributed by atoms with Crippen molar-refractivity contribution in [2.75, 3.05) is 14.2 Å². The molecule has 8 heteroatoms. The molecule has 1 amide bonds. The van der Waals surface area contributed by atoms with Crippen LogP contribution in [0.4, 0.5) is 4.79 Å². The van der Waals surface area contributed by atoms with Crippen LogP contribution in [0.2, 0.25) is 0 Å². The van der Waals surface area contributed by atoms with Gasteiger partial charge in [0.25, 0.3) is 0 Å². The molecule has 3 rings (SSSR count). The van der Waals surface area contributed by atoms with Crippen LogP contribution in [-0.2, 0) is 27.5 Å². The molecule has 176 valence electrons. The average molecular weight is 526 g/mol. The van der Waals surface area contributed by atoms with Crippen molar-refractivity contribution in [3.63, 3.8) is 0 Å². The van der Waals surface area contributed by atoms with E-state index in [0.29, 0.717) is 28.1 Å². The molecule has 0 fully saturated rings. The molecule has 0 heterocycles. The first-order chi connectivity index (χ1) is 16.5. The molecule has 0 aliphatic heterocycles. The number of hydrogen-bond donors (Lipinski definition) is 1. The first-order valence-electron chi connectivity index (χ1n) is 10.3. The van der Waals surface area contributed by atoms with E-state index in [9.17, 15) is 9.59 Å². The number of alkyl carbamates (subject to hydrolysis) is 1. The van der Waals surface area contributed by atoms with Crippen LogP contribution in [0, 0.1) is 0 Å². The smallest absolute Gasteiger partial charge is 0.412 e. The third-order valence-electron chi connectivity index (χ3n) is 4.67. The largest absolute Gasteiger partial charge is 0.493 e. The lowest BCUT2D eigenvalue weighted by Crippen LogP contribution is -2.28. The van der Waals surface area contributed by atoms with Crippen LogP contribution in [0.3, 0.4) is 0 Å². The van der Waals surface area contributed by atoms with Gasteiger partial charge in [0.1, 0.15) is 18.9 Å². The van der Waals surface area contributed by atoms with E-state index >= 15 is 0 Å². The predicted octanol–water partition coefficient (Wildman–Crippen LogP) is 5.48. The molecule has 0 unspecified atom stereocenters. The van der Waals surface area contributed by atoms with Crippen LogP contribution < -0.4 is 14.8 Å². The van der Waals surface area contributed by atoms with Gasteiger partial charge in [0.15, 0.2) is 11.5 Å². The molecule has 0 radical (unpaired) electrons. The van der Waals surface area contributed by atoms with Crippen LogP contribution in [0.1, 0.15) is 16.7 Å². The number of hydrogen-bond acceptors (Lipinski definition) is 6. The van der Waals surface area contributed by atoms with Crippen molar-refractivity contribution in [1.82, 2.24) is 5.32 Å². The average Bonchev–Trinajstić information content (AvgIpc) is 2.87. The number of rotatable bonds is 9. The number of ether oxygens (including phenoxy) is 4. The highest BCUT2D eigenvalue weighted by molar-refractivity contribution is 9.10. The van der Waals surface area contributed by atoms with Gasteiger partial charge in [0, 0.05) is 4.47 Å². The Morgan fingerprint density at radius 1 is 0.882 bits per heavy atom. The fourth-order valence-corrected chi connectivity index (χ4v) is 3.39. The summed E-state index contributed by atoms with van der Waals surface area (Å²) in [6.45, 7) is 0.390. The van der Waals surface area contributed by atoms with Crippen LogP contribution in [0.15, 0.2) is 83.0 Å². The fourth-order valence-electron chi connectivity index (χ4n) is 2.95. The summed E-state index contributed by atoms with van der Waals surface area (Å²) >= 11 is 3.47. The molecule has 0 saturated heterocycles. The van der Waals surface area contributed by atoms with Crippen molar-refractivity contribution < 1.29 is 28.5 Å². The van der Waals surface area contributed by atoms with Gasteiger partial charge in [-0.15, -0.1) is 0 Å². The van der Waals surface area contributed by atoms with Gasteiger partial charge in [-0.3, -0.25) is 5.32 Å². The predicted molar refractivity (Wildman–Crippen MR) is 131 cm³/mol. The Labute approximate surface area is 206 Å². The molecule has 0 atom stereocenters. The summed E-state index contributed by atoms with van der Waals surface area (Å²) in [6.07, 6.45) is 0.680. The molecular formula is C26H24BrNO6. The highest BCUT2D eigenvalue weighted by Crippen LogP contribution is 2.35. The van der Waals surface area contributed by atoms with Gasteiger partial charge in [0.05, 0.1) is 14.2 Å². The minimum absolute atomic E-state index is 0.0603. The van der Waals surface area contributed by atoms with Crippen LogP contribution >= 0.6 is 15.9 Å². The molecule has 7 nitrogen and oxygen atoms in total. The number of halogens is 1. The minimum atomic E-state index is -0.786. The summed E-state index contributed by atoms with van der Waals surface area (Å²) in [5, 5.41) is 2.45. The van der Waals surface area contributed by atoms with E-state index in [1.807, 2.05) is 60.7 Å². The molecule has 1 N–H and O–H groups in total. The van der Waals surface area contributed by atoms with E-state index in [2.05, 4.69) is 21.2 Å². The molecule has 0 spiro atoms. The van der Waals surface area contributed by atoms with Crippen molar-refractivity contribution in [2.24, 2.45) is 0 Å². The topological polar surface area (TPSA) is 83.1 Å². The quantitative estimate of drug-likeness (QED) is 0.294. The Morgan fingerprint density at radius 3 is 2.09 bits per heavy atom. The summed E-state index contributed by atoms with van der Waals surface area (Å²) in [4.78, 5) is 24.6. The molecular weight excluding hydrogens is 502 g/mol. The van der Waals surface area contributed by atoms with E-state index in [1.54, 1.807) is 12.1 Å². The van der Waals surface area contributed by atoms with Crippen molar-refractivity contribution in [3.05, 3.63) is 99.7 Å². The van der Waals surface area contributed by atoms with E-state index in [4.69, 9.17) is 18.9 Å². The number of esters is 1. The number of carbonyl (C=O) groups excluding carboxylic acids is 2. The molecule has 0 saturated carbocycles. The lowest BCUT2D eigenvalue weighted by Gasteiger charge is -2.14. The molecule has 0 aromatic heterocycles. The Balaban J connectivity index is 1.80. The standard InChI is InChI=1S/C26H24BrNO6/c1-31-23-15-21(27)20(14-24(23)33-16-18-9-5-3-6-10-18)13-22(25(29)32-2)28-26(30)34-17-19-11-7-4-8-12-19/h3-15H,16-17H2,1-2H3,(H,28,30)/b22-13-. The normalized spacial score (nSPS) is 10.9. The number of amides is 1. The minimum Gasteiger partial charge on any atom is -0.493 e. The van der Waals surface area contributed by atoms with Gasteiger partial charge >= 0.3 is 12.1 Å². The lowest BCUT2D eigenvalue weighted by atomic mass is 10.1. The third kappa shape index (κ3) is 7.11. The van der Waals surface area contributed by atoms with Crippen molar-refractivity contribution >= 4 is 34.1 Å². The van der Waals surface area contributed by atoms with Crippen LogP contribution in [-0.4, -0.2) is 26.3 Å². The SMILES string of the molecule is COC(=O)/C(=C/c1cc(OCc2ccccc2)c(OC)cc1Br)NC(=O)OCc1ccccc1. The van der Waals surface area contributed by atoms with Gasteiger partial charge in [-0.05, 0) is 34.9 Å². The van der Waals surface area contributed by atoms with Crippen molar-refractivity contribution in [3.8, 4) is 11.5 Å². The van der Waals surface area contributed by atoms with Gasteiger partial charge in [0.2, 0.25) is 0 Å². The first-order valence-corrected chi connectivity index (χ1v) is 11.1. The number of carbonyl (C=O) groups is 2. The number of nitrogens with one attached hydrogen (secondary N) is 1. The zero-order valence-corrected chi connectivity index (χ0v) is 20.3. The maximum Gasteiger partial charge on any atom is 0.412 e. The molecule has 0 aliphatic rings. The Hall–Kier alpha value is -3.78. The number of methoxy groups -OCH3 is 2. The van der Waals surface area contributed by atoms with Crippen molar-refractivity contribution in [2.45, 2.75) is 13.2 Å². The molecule has 0 aliphatic carbocycles. The molecule has 3 aromatic carbocycles. The molecule has 34 heavy (non-hydrogen) atoms. The highest BCUT2D eigenvalue weighted by atomic mass is 79.9. The summed E-state index contributed by atoms with van der Waals surface area (Å²) < 4.78 is 22.0.